The van der Waals surface area contributed by atoms with Crippen molar-refractivity contribution >= 4 is 45.0 Å². The number of carbonyl (C=O) groups excluding carboxylic acids is 1. The van der Waals surface area contributed by atoms with E-state index in [-0.39, 0.29) is 17.5 Å². The van der Waals surface area contributed by atoms with Crippen LogP contribution >= 0.6 is 28.1 Å². The van der Waals surface area contributed by atoms with Crippen LogP contribution in [0.15, 0.2) is 51.7 Å². The fourth-order valence-corrected chi connectivity index (χ4v) is 4.97. The maximum absolute atomic E-state index is 13.0. The number of hydrogen-bond acceptors (Lipinski definition) is 3. The van der Waals surface area contributed by atoms with Gasteiger partial charge in [0.15, 0.2) is 4.77 Å². The highest BCUT2D eigenvalue weighted by Gasteiger charge is 2.28. The summed E-state index contributed by atoms with van der Waals surface area (Å²) in [6.45, 7) is 4.83. The van der Waals surface area contributed by atoms with Crippen molar-refractivity contribution in [3.8, 4) is 0 Å². The minimum atomic E-state index is -0.137. The van der Waals surface area contributed by atoms with Crippen LogP contribution in [0.25, 0.3) is 10.9 Å². The monoisotopic (exact) mass is 499 g/mol. The summed E-state index contributed by atoms with van der Waals surface area (Å²) in [5.74, 6) is 1.08. The minimum absolute atomic E-state index is 0.0393. The Bertz CT molecular complexity index is 1230. The van der Waals surface area contributed by atoms with Crippen LogP contribution in [0, 0.1) is 16.6 Å². The Kier molecular flexibility index (Phi) is 6.44. The zero-order valence-corrected chi connectivity index (χ0v) is 20.1. The molecular weight excluding hydrogens is 474 g/mol. The standard InChI is InChI=1S/C24H26BrN3O2S/c1-14-4-3-5-20(15(14)2)26-22(29)17-8-6-16(7-9-17)13-28-23(30)19-12-18(25)10-11-21(19)27-24(28)31/h6-12,14-15,20H,3-5,13H2,1-2H3,(H,26,29)(H,27,31). The number of carbonyl (C=O) groups is 1. The number of benzene rings is 2. The van der Waals surface area contributed by atoms with Crippen LogP contribution in [0.3, 0.4) is 0 Å². The van der Waals surface area contributed by atoms with Crippen LogP contribution < -0.4 is 10.9 Å². The Morgan fingerprint density at radius 1 is 1.19 bits per heavy atom. The van der Waals surface area contributed by atoms with Crippen molar-refractivity contribution in [2.45, 2.75) is 45.7 Å². The van der Waals surface area contributed by atoms with E-state index in [9.17, 15) is 9.59 Å². The SMILES string of the molecule is CC1CCCC(NC(=O)c2ccc(Cn3c(=S)[nH]c4ccc(Br)cc4c3=O)cc2)C1C. The summed E-state index contributed by atoms with van der Waals surface area (Å²) in [7, 11) is 0. The van der Waals surface area contributed by atoms with Gasteiger partial charge >= 0.3 is 0 Å². The van der Waals surface area contributed by atoms with E-state index in [1.807, 2.05) is 36.4 Å². The van der Waals surface area contributed by atoms with Crippen molar-refractivity contribution in [2.24, 2.45) is 11.8 Å². The summed E-state index contributed by atoms with van der Waals surface area (Å²) < 4.78 is 2.76. The molecule has 3 aromatic rings. The van der Waals surface area contributed by atoms with Crippen molar-refractivity contribution in [3.05, 3.63) is 73.2 Å². The van der Waals surface area contributed by atoms with E-state index < -0.39 is 0 Å². The highest BCUT2D eigenvalue weighted by molar-refractivity contribution is 9.10. The van der Waals surface area contributed by atoms with E-state index in [2.05, 4.69) is 40.1 Å². The Balaban J connectivity index is 1.52. The third-order valence-electron chi connectivity index (χ3n) is 6.52. The molecule has 3 unspecified atom stereocenters. The fourth-order valence-electron chi connectivity index (χ4n) is 4.35. The lowest BCUT2D eigenvalue weighted by atomic mass is 9.78. The fraction of sp³-hybridized carbons (Fsp3) is 0.375. The summed E-state index contributed by atoms with van der Waals surface area (Å²) in [4.78, 5) is 28.8. The summed E-state index contributed by atoms with van der Waals surface area (Å²) in [5.41, 5.74) is 2.12. The molecule has 2 N–H and O–H groups in total. The molecule has 162 valence electrons. The van der Waals surface area contributed by atoms with Gasteiger partial charge in [-0.05, 0) is 66.4 Å². The molecule has 31 heavy (non-hydrogen) atoms. The largest absolute Gasteiger partial charge is 0.349 e. The Labute approximate surface area is 195 Å². The lowest BCUT2D eigenvalue weighted by Gasteiger charge is -2.34. The van der Waals surface area contributed by atoms with Crippen molar-refractivity contribution in [3.63, 3.8) is 0 Å². The third-order valence-corrected chi connectivity index (χ3v) is 7.34. The molecule has 0 radical (unpaired) electrons. The van der Waals surface area contributed by atoms with E-state index in [1.165, 1.54) is 6.42 Å². The van der Waals surface area contributed by atoms with E-state index in [0.717, 1.165) is 22.9 Å². The van der Waals surface area contributed by atoms with Crippen LogP contribution in [0.4, 0.5) is 0 Å². The molecule has 4 rings (SSSR count). The van der Waals surface area contributed by atoms with Gasteiger partial charge in [-0.2, -0.15) is 0 Å². The van der Waals surface area contributed by atoms with Gasteiger partial charge in [0, 0.05) is 16.1 Å². The predicted octanol–water partition coefficient (Wildman–Crippen LogP) is 5.42. The molecule has 3 atom stereocenters. The molecule has 0 saturated heterocycles. The van der Waals surface area contributed by atoms with Crippen LogP contribution in [-0.2, 0) is 6.54 Å². The normalized spacial score (nSPS) is 21.2. The number of halogens is 1. The third kappa shape index (κ3) is 4.67. The number of hydrogen-bond donors (Lipinski definition) is 2. The molecule has 1 amide bonds. The summed E-state index contributed by atoms with van der Waals surface area (Å²) >= 11 is 8.82. The highest BCUT2D eigenvalue weighted by Crippen LogP contribution is 2.29. The van der Waals surface area contributed by atoms with Gasteiger partial charge in [0.25, 0.3) is 11.5 Å². The lowest BCUT2D eigenvalue weighted by Crippen LogP contribution is -2.43. The lowest BCUT2D eigenvalue weighted by molar-refractivity contribution is 0.0891. The van der Waals surface area contributed by atoms with Gasteiger partial charge in [-0.15, -0.1) is 0 Å². The summed E-state index contributed by atoms with van der Waals surface area (Å²) in [6, 6.07) is 13.1. The van der Waals surface area contributed by atoms with E-state index in [0.29, 0.717) is 39.6 Å². The first-order valence-electron chi connectivity index (χ1n) is 10.7. The maximum atomic E-state index is 13.0. The van der Waals surface area contributed by atoms with Gasteiger partial charge in [0.2, 0.25) is 0 Å². The van der Waals surface area contributed by atoms with Gasteiger partial charge in [-0.25, -0.2) is 0 Å². The molecule has 0 spiro atoms. The number of aromatic nitrogens is 2. The first-order valence-corrected chi connectivity index (χ1v) is 11.9. The summed E-state index contributed by atoms with van der Waals surface area (Å²) in [5, 5.41) is 3.79. The van der Waals surface area contributed by atoms with Gasteiger partial charge in [0.1, 0.15) is 0 Å². The topological polar surface area (TPSA) is 66.9 Å². The molecule has 5 nitrogen and oxygen atoms in total. The number of nitrogens with one attached hydrogen (secondary N) is 2. The van der Waals surface area contributed by atoms with Crippen molar-refractivity contribution < 1.29 is 4.79 Å². The average molecular weight is 500 g/mol. The number of fused-ring (bicyclic) bond motifs is 1. The quantitative estimate of drug-likeness (QED) is 0.470. The number of aromatic amines is 1. The number of H-pyrrole nitrogens is 1. The second kappa shape index (κ2) is 9.09. The van der Waals surface area contributed by atoms with Gasteiger partial charge in [-0.3, -0.25) is 14.2 Å². The molecule has 1 fully saturated rings. The number of amides is 1. The zero-order valence-electron chi connectivity index (χ0n) is 17.7. The minimum Gasteiger partial charge on any atom is -0.349 e. The molecule has 2 aromatic carbocycles. The molecule has 1 aliphatic carbocycles. The van der Waals surface area contributed by atoms with E-state index in [4.69, 9.17) is 12.2 Å². The molecule has 1 aliphatic rings. The Hall–Kier alpha value is -2.25. The molecule has 1 heterocycles. The molecule has 7 heteroatoms. The second-order valence-electron chi connectivity index (χ2n) is 8.56. The van der Waals surface area contributed by atoms with Crippen molar-refractivity contribution in [2.75, 3.05) is 0 Å². The summed E-state index contributed by atoms with van der Waals surface area (Å²) in [6.07, 6.45) is 3.43. The van der Waals surface area contributed by atoms with Crippen molar-refractivity contribution in [1.29, 1.82) is 0 Å². The second-order valence-corrected chi connectivity index (χ2v) is 9.86. The van der Waals surface area contributed by atoms with Crippen LogP contribution in [0.1, 0.15) is 49.0 Å². The molecule has 0 bridgehead atoms. The Morgan fingerprint density at radius 3 is 2.68 bits per heavy atom. The zero-order chi connectivity index (χ0) is 22.1. The van der Waals surface area contributed by atoms with Crippen LogP contribution in [0.5, 0.6) is 0 Å². The Morgan fingerprint density at radius 2 is 1.94 bits per heavy atom. The predicted molar refractivity (Wildman–Crippen MR) is 130 cm³/mol. The van der Waals surface area contributed by atoms with Crippen LogP contribution in [0.2, 0.25) is 0 Å². The van der Waals surface area contributed by atoms with E-state index >= 15 is 0 Å². The van der Waals surface area contributed by atoms with Crippen LogP contribution in [-0.4, -0.2) is 21.5 Å². The first kappa shape index (κ1) is 22.0. The highest BCUT2D eigenvalue weighted by atomic mass is 79.9. The van der Waals surface area contributed by atoms with Crippen molar-refractivity contribution in [1.82, 2.24) is 14.9 Å². The molecular formula is C24H26BrN3O2S. The van der Waals surface area contributed by atoms with Gasteiger partial charge in [0.05, 0.1) is 17.4 Å². The number of nitrogens with zero attached hydrogens (tertiary/aromatic N) is 1. The van der Waals surface area contributed by atoms with E-state index in [1.54, 1.807) is 10.6 Å². The first-order chi connectivity index (χ1) is 14.8. The molecule has 1 saturated carbocycles. The van der Waals surface area contributed by atoms with Gasteiger partial charge < -0.3 is 10.3 Å². The molecule has 1 aromatic heterocycles. The average Bonchev–Trinajstić information content (AvgIpc) is 2.75. The van der Waals surface area contributed by atoms with Gasteiger partial charge in [-0.1, -0.05) is 54.8 Å². The number of rotatable bonds is 4. The smallest absolute Gasteiger partial charge is 0.262 e. The maximum Gasteiger partial charge on any atom is 0.262 e. The molecule has 0 aliphatic heterocycles.